The smallest absolute Gasteiger partial charge is 0.0974 e. The highest BCUT2D eigenvalue weighted by Gasteiger charge is 2.43. The van der Waals surface area contributed by atoms with Gasteiger partial charge in [0, 0.05) is 25.7 Å². The van der Waals surface area contributed by atoms with Crippen molar-refractivity contribution in [1.29, 1.82) is 0 Å². The van der Waals surface area contributed by atoms with Crippen LogP contribution in [-0.4, -0.2) is 30.6 Å². The molecule has 136 valence electrons. The molecule has 1 saturated heterocycles. The third kappa shape index (κ3) is 3.23. The van der Waals surface area contributed by atoms with Crippen molar-refractivity contribution in [3.63, 3.8) is 0 Å². The Morgan fingerprint density at radius 3 is 1.63 bits per heavy atom. The average molecular weight is 354 g/mol. The van der Waals surface area contributed by atoms with Gasteiger partial charge in [0.05, 0.1) is 5.54 Å². The van der Waals surface area contributed by atoms with E-state index in [2.05, 4.69) is 108 Å². The summed E-state index contributed by atoms with van der Waals surface area (Å²) in [4.78, 5) is 2.61. The molecule has 1 atom stereocenters. The van der Waals surface area contributed by atoms with E-state index in [1.807, 2.05) is 6.08 Å². The second-order valence-electron chi connectivity index (χ2n) is 7.05. The molecule has 0 amide bonds. The van der Waals surface area contributed by atoms with E-state index in [1.165, 1.54) is 16.7 Å². The number of rotatable bonds is 5. The molecule has 0 aliphatic carbocycles. The Morgan fingerprint density at radius 1 is 0.778 bits per heavy atom. The third-order valence-electron chi connectivity index (χ3n) is 5.54. The van der Waals surface area contributed by atoms with Gasteiger partial charge in [-0.3, -0.25) is 4.90 Å². The maximum absolute atomic E-state index is 4.03. The van der Waals surface area contributed by atoms with E-state index in [0.717, 1.165) is 19.6 Å². The van der Waals surface area contributed by atoms with Gasteiger partial charge in [-0.15, -0.1) is 6.58 Å². The van der Waals surface area contributed by atoms with E-state index in [4.69, 9.17) is 0 Å². The van der Waals surface area contributed by atoms with Crippen LogP contribution in [0.1, 0.15) is 16.7 Å². The first-order valence-electron chi connectivity index (χ1n) is 9.63. The van der Waals surface area contributed by atoms with Crippen molar-refractivity contribution in [2.45, 2.75) is 11.6 Å². The van der Waals surface area contributed by atoms with E-state index in [-0.39, 0.29) is 11.6 Å². The molecular weight excluding hydrogens is 328 g/mol. The lowest BCUT2D eigenvalue weighted by molar-refractivity contribution is 0.122. The molecule has 3 aromatic carbocycles. The highest BCUT2D eigenvalue weighted by atomic mass is 15.3. The Balaban J connectivity index is 1.99. The molecule has 2 heteroatoms. The fourth-order valence-electron chi connectivity index (χ4n) is 4.33. The third-order valence-corrected chi connectivity index (χ3v) is 5.54. The Morgan fingerprint density at radius 2 is 1.22 bits per heavy atom. The van der Waals surface area contributed by atoms with Crippen molar-refractivity contribution in [3.8, 4) is 0 Å². The summed E-state index contributed by atoms with van der Waals surface area (Å²) in [5.74, 6) is 0. The molecule has 2 nitrogen and oxygen atoms in total. The molecule has 1 fully saturated rings. The summed E-state index contributed by atoms with van der Waals surface area (Å²) in [5.41, 5.74) is 3.57. The van der Waals surface area contributed by atoms with Crippen LogP contribution in [-0.2, 0) is 5.54 Å². The number of nitrogens with zero attached hydrogens (tertiary/aromatic N) is 1. The van der Waals surface area contributed by atoms with Crippen LogP contribution in [0.15, 0.2) is 104 Å². The van der Waals surface area contributed by atoms with Gasteiger partial charge in [0.15, 0.2) is 0 Å². The summed E-state index contributed by atoms with van der Waals surface area (Å²) >= 11 is 0. The fourth-order valence-corrected chi connectivity index (χ4v) is 4.33. The molecular formula is C25H26N2. The predicted molar refractivity (Wildman–Crippen MR) is 113 cm³/mol. The lowest BCUT2D eigenvalue weighted by Gasteiger charge is -2.48. The minimum absolute atomic E-state index is 0.286. The van der Waals surface area contributed by atoms with Crippen LogP contribution in [0.2, 0.25) is 0 Å². The van der Waals surface area contributed by atoms with Crippen LogP contribution in [0.3, 0.4) is 0 Å². The minimum Gasteiger partial charge on any atom is -0.308 e. The molecule has 0 radical (unpaired) electrons. The number of hydrogen-bond donors (Lipinski definition) is 1. The molecule has 4 rings (SSSR count). The number of benzene rings is 3. The molecule has 1 aliphatic rings. The molecule has 1 aliphatic heterocycles. The summed E-state index contributed by atoms with van der Waals surface area (Å²) < 4.78 is 0. The molecule has 0 bridgehead atoms. The van der Waals surface area contributed by atoms with Gasteiger partial charge < -0.3 is 5.32 Å². The monoisotopic (exact) mass is 354 g/mol. The van der Waals surface area contributed by atoms with E-state index in [9.17, 15) is 0 Å². The van der Waals surface area contributed by atoms with Gasteiger partial charge in [-0.2, -0.15) is 0 Å². The van der Waals surface area contributed by atoms with Crippen LogP contribution < -0.4 is 5.32 Å². The topological polar surface area (TPSA) is 15.3 Å². The second kappa shape index (κ2) is 7.91. The normalized spacial score (nSPS) is 18.1. The Labute approximate surface area is 162 Å². The highest BCUT2D eigenvalue weighted by molar-refractivity contribution is 5.49. The molecule has 0 saturated carbocycles. The zero-order valence-corrected chi connectivity index (χ0v) is 15.6. The zero-order valence-electron chi connectivity index (χ0n) is 15.6. The molecule has 0 spiro atoms. The number of hydrogen-bond acceptors (Lipinski definition) is 2. The summed E-state index contributed by atoms with van der Waals surface area (Å²) in [6.45, 7) is 6.87. The Bertz CT molecular complexity index is 762. The number of piperazine rings is 1. The van der Waals surface area contributed by atoms with Gasteiger partial charge in [0.25, 0.3) is 0 Å². The minimum atomic E-state index is -0.326. The number of nitrogens with one attached hydrogen (secondary N) is 1. The van der Waals surface area contributed by atoms with Crippen molar-refractivity contribution in [2.24, 2.45) is 0 Å². The van der Waals surface area contributed by atoms with Crippen LogP contribution >= 0.6 is 0 Å². The Kier molecular flexibility index (Phi) is 5.19. The first kappa shape index (κ1) is 17.7. The highest BCUT2D eigenvalue weighted by Crippen LogP contribution is 2.42. The summed E-state index contributed by atoms with van der Waals surface area (Å²) in [6, 6.07) is 32.9. The molecule has 1 unspecified atom stereocenters. The first-order chi connectivity index (χ1) is 13.4. The van der Waals surface area contributed by atoms with E-state index < -0.39 is 0 Å². The second-order valence-corrected chi connectivity index (χ2v) is 7.05. The summed E-state index contributed by atoms with van der Waals surface area (Å²) in [7, 11) is 0. The van der Waals surface area contributed by atoms with E-state index >= 15 is 0 Å². The molecule has 1 heterocycles. The van der Waals surface area contributed by atoms with Gasteiger partial charge in [0.2, 0.25) is 0 Å². The summed E-state index contributed by atoms with van der Waals surface area (Å²) in [5, 5.41) is 3.57. The Hall–Kier alpha value is -2.68. The van der Waals surface area contributed by atoms with Crippen molar-refractivity contribution in [2.75, 3.05) is 19.6 Å². The predicted octanol–water partition coefficient (Wildman–Crippen LogP) is 4.44. The maximum Gasteiger partial charge on any atom is 0.0974 e. The molecule has 0 aromatic heterocycles. The molecule has 27 heavy (non-hydrogen) atoms. The molecule has 1 N–H and O–H groups in total. The fraction of sp³-hybridized carbons (Fsp3) is 0.200. The van der Waals surface area contributed by atoms with Crippen LogP contribution in [0.5, 0.6) is 0 Å². The van der Waals surface area contributed by atoms with Crippen molar-refractivity contribution in [1.82, 2.24) is 10.2 Å². The van der Waals surface area contributed by atoms with Crippen LogP contribution in [0.4, 0.5) is 0 Å². The SMILES string of the molecule is C=CC1CN(C(c2ccccc2)(c2ccccc2)c2ccccc2)CCN1. The summed E-state index contributed by atoms with van der Waals surface area (Å²) in [6.07, 6.45) is 2.03. The van der Waals surface area contributed by atoms with E-state index in [1.54, 1.807) is 0 Å². The quantitative estimate of drug-likeness (QED) is 0.538. The van der Waals surface area contributed by atoms with Gasteiger partial charge in [-0.25, -0.2) is 0 Å². The lowest BCUT2D eigenvalue weighted by Crippen LogP contribution is -2.58. The van der Waals surface area contributed by atoms with Crippen molar-refractivity contribution < 1.29 is 0 Å². The zero-order chi connectivity index (χ0) is 18.5. The van der Waals surface area contributed by atoms with E-state index in [0.29, 0.717) is 0 Å². The lowest BCUT2D eigenvalue weighted by atomic mass is 9.75. The van der Waals surface area contributed by atoms with Crippen molar-refractivity contribution in [3.05, 3.63) is 120 Å². The molecule has 3 aromatic rings. The van der Waals surface area contributed by atoms with Crippen LogP contribution in [0, 0.1) is 0 Å². The van der Waals surface area contributed by atoms with Crippen molar-refractivity contribution >= 4 is 0 Å². The van der Waals surface area contributed by atoms with Gasteiger partial charge in [-0.1, -0.05) is 97.1 Å². The standard InChI is InChI=1S/C25H26N2/c1-2-24-20-27(19-18-26-24)25(21-12-6-3-7-13-21,22-14-8-4-9-15-22)23-16-10-5-11-17-23/h2-17,24,26H,1,18-20H2. The van der Waals surface area contributed by atoms with Gasteiger partial charge in [-0.05, 0) is 16.7 Å². The largest absolute Gasteiger partial charge is 0.308 e. The first-order valence-corrected chi connectivity index (χ1v) is 9.63. The van der Waals surface area contributed by atoms with Gasteiger partial charge in [0.1, 0.15) is 0 Å². The van der Waals surface area contributed by atoms with Crippen LogP contribution in [0.25, 0.3) is 0 Å². The maximum atomic E-state index is 4.03. The van der Waals surface area contributed by atoms with Gasteiger partial charge >= 0.3 is 0 Å². The average Bonchev–Trinajstić information content (AvgIpc) is 2.77.